The number of hydrogen-bond donors (Lipinski definition) is 4. The minimum atomic E-state index is -4.01. The summed E-state index contributed by atoms with van der Waals surface area (Å²) >= 11 is 6.15. The van der Waals surface area contributed by atoms with Gasteiger partial charge < -0.3 is 21.9 Å². The topological polar surface area (TPSA) is 139 Å². The van der Waals surface area contributed by atoms with Crippen molar-refractivity contribution in [3.05, 3.63) is 46.7 Å². The first-order valence-electron chi connectivity index (χ1n) is 9.23. The zero-order valence-electron chi connectivity index (χ0n) is 15.9. The van der Waals surface area contributed by atoms with Crippen LogP contribution in [0.5, 0.6) is 5.75 Å². The van der Waals surface area contributed by atoms with E-state index in [1.54, 1.807) is 0 Å². The van der Waals surface area contributed by atoms with Gasteiger partial charge in [0.25, 0.3) is 0 Å². The summed E-state index contributed by atoms with van der Waals surface area (Å²) in [4.78, 5) is 12.6. The summed E-state index contributed by atoms with van der Waals surface area (Å²) in [5, 5.41) is 13.0. The predicted octanol–water partition coefficient (Wildman–Crippen LogP) is 2.39. The second kappa shape index (κ2) is 8.76. The number of rotatable bonds is 5. The molecule has 0 atom stereocenters. The van der Waals surface area contributed by atoms with Crippen LogP contribution < -0.4 is 21.7 Å². The Morgan fingerprint density at radius 3 is 2.50 bits per heavy atom. The Bertz CT molecular complexity index is 1070. The van der Waals surface area contributed by atoms with Gasteiger partial charge in [-0.15, -0.1) is 0 Å². The molecule has 2 amide bonds. The molecule has 0 aromatic heterocycles. The molecule has 1 fully saturated rings. The Kier molecular flexibility index (Phi) is 6.51. The molecule has 0 spiro atoms. The van der Waals surface area contributed by atoms with Crippen LogP contribution in [0, 0.1) is 5.82 Å². The maximum atomic E-state index is 14.2. The van der Waals surface area contributed by atoms with E-state index in [-0.39, 0.29) is 28.5 Å². The lowest BCUT2D eigenvalue weighted by Crippen LogP contribution is -2.36. The largest absolute Gasteiger partial charge is 0.504 e. The van der Waals surface area contributed by atoms with E-state index in [0.29, 0.717) is 25.9 Å². The maximum Gasteiger partial charge on any atom is 0.324 e. The number of anilines is 2. The highest BCUT2D eigenvalue weighted by atomic mass is 35.5. The molecule has 0 aliphatic carbocycles. The fourth-order valence-corrected chi connectivity index (χ4v) is 5.96. The highest BCUT2D eigenvalue weighted by Crippen LogP contribution is 2.44. The number of piperidine rings is 1. The van der Waals surface area contributed by atoms with Gasteiger partial charge in [-0.1, -0.05) is 17.7 Å². The van der Waals surface area contributed by atoms with Crippen LogP contribution in [0.25, 0.3) is 0 Å². The van der Waals surface area contributed by atoms with E-state index in [0.717, 1.165) is 4.90 Å². The average molecular weight is 457 g/mol. The number of sulfone groups is 1. The summed E-state index contributed by atoms with van der Waals surface area (Å²) < 4.78 is 40.6. The fourth-order valence-electron chi connectivity index (χ4n) is 3.59. The third-order valence-electron chi connectivity index (χ3n) is 5.07. The average Bonchev–Trinajstić information content (AvgIpc) is 2.70. The van der Waals surface area contributed by atoms with Gasteiger partial charge in [0.2, 0.25) is 0 Å². The molecular formula is C19H22ClFN4O4S. The zero-order chi connectivity index (χ0) is 22.1. The smallest absolute Gasteiger partial charge is 0.324 e. The summed E-state index contributed by atoms with van der Waals surface area (Å²) in [5.41, 5.74) is 10.9. The van der Waals surface area contributed by atoms with Gasteiger partial charge in [0, 0.05) is 12.1 Å². The van der Waals surface area contributed by atoms with E-state index in [4.69, 9.17) is 23.1 Å². The lowest BCUT2D eigenvalue weighted by Gasteiger charge is -2.27. The van der Waals surface area contributed by atoms with Crippen LogP contribution in [0.15, 0.2) is 35.2 Å². The summed E-state index contributed by atoms with van der Waals surface area (Å²) in [6.07, 6.45) is 0.701. The van der Waals surface area contributed by atoms with E-state index >= 15 is 0 Å². The number of primary amides is 1. The van der Waals surface area contributed by atoms with E-state index in [2.05, 4.69) is 5.32 Å². The van der Waals surface area contributed by atoms with Gasteiger partial charge in [-0.25, -0.2) is 17.6 Å². The molecule has 1 saturated heterocycles. The van der Waals surface area contributed by atoms with Crippen molar-refractivity contribution in [3.63, 3.8) is 0 Å². The molecule has 6 N–H and O–H groups in total. The number of nitrogens with zero attached hydrogens (tertiary/aromatic N) is 1. The molecule has 162 valence electrons. The van der Waals surface area contributed by atoms with Crippen LogP contribution in [0.2, 0.25) is 5.02 Å². The molecule has 1 aliphatic rings. The predicted molar refractivity (Wildman–Crippen MR) is 112 cm³/mol. The van der Waals surface area contributed by atoms with Gasteiger partial charge in [0.1, 0.15) is 10.7 Å². The number of aromatic hydroxyl groups is 1. The quantitative estimate of drug-likeness (QED) is 0.544. The molecule has 30 heavy (non-hydrogen) atoms. The lowest BCUT2D eigenvalue weighted by atomic mass is 10.1. The van der Waals surface area contributed by atoms with Crippen molar-refractivity contribution in [2.24, 2.45) is 11.5 Å². The molecule has 2 aromatic carbocycles. The third-order valence-corrected chi connectivity index (χ3v) is 7.83. The van der Waals surface area contributed by atoms with Gasteiger partial charge in [-0.3, -0.25) is 4.90 Å². The molecule has 2 aromatic rings. The number of halogens is 2. The van der Waals surface area contributed by atoms with Crippen molar-refractivity contribution in [3.8, 4) is 5.75 Å². The number of carbonyl (C=O) groups excluding carboxylic acids is 1. The van der Waals surface area contributed by atoms with Crippen LogP contribution in [-0.4, -0.2) is 37.9 Å². The van der Waals surface area contributed by atoms with Crippen LogP contribution in [0.1, 0.15) is 18.4 Å². The Morgan fingerprint density at radius 1 is 1.23 bits per heavy atom. The third kappa shape index (κ3) is 3.95. The number of urea groups is 1. The van der Waals surface area contributed by atoms with Crippen molar-refractivity contribution in [2.75, 3.05) is 18.0 Å². The first-order valence-corrected chi connectivity index (χ1v) is 11.2. The maximum absolute atomic E-state index is 14.2. The monoisotopic (exact) mass is 456 g/mol. The Balaban J connectivity index is 2.20. The summed E-state index contributed by atoms with van der Waals surface area (Å²) in [6.45, 7) is 0.775. The first-order chi connectivity index (χ1) is 14.2. The second-order valence-electron chi connectivity index (χ2n) is 6.85. The number of hydrogen-bond acceptors (Lipinski definition) is 6. The second-order valence-corrected chi connectivity index (χ2v) is 9.43. The van der Waals surface area contributed by atoms with Gasteiger partial charge >= 0.3 is 6.03 Å². The summed E-state index contributed by atoms with van der Waals surface area (Å²) in [5.74, 6) is -1.40. The van der Waals surface area contributed by atoms with Gasteiger partial charge in [0.05, 0.1) is 21.6 Å². The van der Waals surface area contributed by atoms with Crippen molar-refractivity contribution >= 4 is 38.8 Å². The van der Waals surface area contributed by atoms with E-state index in [9.17, 15) is 22.7 Å². The van der Waals surface area contributed by atoms with Crippen LogP contribution in [0.3, 0.4) is 0 Å². The van der Waals surface area contributed by atoms with Crippen molar-refractivity contribution < 1.29 is 22.7 Å². The zero-order valence-corrected chi connectivity index (χ0v) is 17.5. The highest BCUT2D eigenvalue weighted by Gasteiger charge is 2.35. The molecule has 1 heterocycles. The SMILES string of the molecule is NCc1c(F)cccc1N(C(N)=O)c1ccc(Cl)c(S(=O)(=O)C2CCNCC2)c1O. The molecular weight excluding hydrogens is 435 g/mol. The van der Waals surface area contributed by atoms with Crippen LogP contribution in [-0.2, 0) is 16.4 Å². The molecule has 8 nitrogen and oxygen atoms in total. The fraction of sp³-hybridized carbons (Fsp3) is 0.316. The first kappa shape index (κ1) is 22.3. The number of benzene rings is 2. The molecule has 0 saturated carbocycles. The normalized spacial score (nSPS) is 15.2. The Morgan fingerprint density at radius 2 is 1.90 bits per heavy atom. The molecule has 3 rings (SSSR count). The van der Waals surface area contributed by atoms with Crippen LogP contribution in [0.4, 0.5) is 20.6 Å². The highest BCUT2D eigenvalue weighted by molar-refractivity contribution is 7.92. The minimum Gasteiger partial charge on any atom is -0.504 e. The van der Waals surface area contributed by atoms with Gasteiger partial charge in [-0.2, -0.15) is 0 Å². The van der Waals surface area contributed by atoms with Gasteiger partial charge in [-0.05, 0) is 50.2 Å². The van der Waals surface area contributed by atoms with E-state index in [1.807, 2.05) is 0 Å². The molecule has 0 unspecified atom stereocenters. The summed E-state index contributed by atoms with van der Waals surface area (Å²) in [7, 11) is -4.01. The van der Waals surface area contributed by atoms with E-state index < -0.39 is 37.6 Å². The number of carbonyl (C=O) groups is 1. The molecule has 0 bridgehead atoms. The van der Waals surface area contributed by atoms with Crippen LogP contribution >= 0.6 is 11.6 Å². The number of phenolic OH excluding ortho intramolecular Hbond substituents is 1. The Labute approximate surface area is 178 Å². The molecule has 11 heteroatoms. The molecule has 0 radical (unpaired) electrons. The number of amides is 2. The number of nitrogens with one attached hydrogen (secondary N) is 1. The van der Waals surface area contributed by atoms with Crippen molar-refractivity contribution in [1.82, 2.24) is 5.32 Å². The van der Waals surface area contributed by atoms with E-state index in [1.165, 1.54) is 30.3 Å². The van der Waals surface area contributed by atoms with Crippen molar-refractivity contribution in [1.29, 1.82) is 0 Å². The van der Waals surface area contributed by atoms with Gasteiger partial charge in [0.15, 0.2) is 15.6 Å². The number of nitrogens with two attached hydrogens (primary N) is 2. The van der Waals surface area contributed by atoms with Crippen molar-refractivity contribution in [2.45, 2.75) is 29.5 Å². The lowest BCUT2D eigenvalue weighted by molar-refractivity contribution is 0.255. The number of phenols is 1. The minimum absolute atomic E-state index is 0.00663. The summed E-state index contributed by atoms with van der Waals surface area (Å²) in [6, 6.07) is 5.35. The molecule has 1 aliphatic heterocycles. The Hall–Kier alpha value is -2.40. The standard InChI is InChI=1S/C19H22ClFN4O4S/c20-13-4-5-16(17(26)18(13)30(28,29)11-6-8-24-9-7-11)25(19(23)27)15-3-1-2-14(21)12(15)10-22/h1-5,11,24,26H,6-10,22H2,(H2,23,27).